The van der Waals surface area contributed by atoms with Crippen LogP contribution in [0, 0.1) is 0 Å². The summed E-state index contributed by atoms with van der Waals surface area (Å²) in [5.74, 6) is -0.610. The van der Waals surface area contributed by atoms with Crippen LogP contribution >= 0.6 is 0 Å². The topological polar surface area (TPSA) is 44.9 Å². The van der Waals surface area contributed by atoms with Crippen molar-refractivity contribution >= 4 is 16.7 Å². The van der Waals surface area contributed by atoms with E-state index in [0.29, 0.717) is 5.52 Å². The second kappa shape index (κ2) is 4.45. The molecule has 2 rings (SSSR count). The van der Waals surface area contributed by atoms with E-state index in [1.807, 2.05) is 0 Å². The van der Waals surface area contributed by atoms with Gasteiger partial charge in [-0.05, 0) is 13.1 Å². The second-order valence-electron chi connectivity index (χ2n) is 3.87. The number of carbonyl (C=O) groups excluding carboxylic acids is 1. The van der Waals surface area contributed by atoms with E-state index >= 15 is 0 Å². The standard InChI is InChI=1S/C12H11F3N2O/c1-16-6-9(18)11-10(12(13,14)15)7-4-2-3-5-8(7)17-11/h2-5,16-17H,6H2,1H3. The van der Waals surface area contributed by atoms with Crippen molar-refractivity contribution in [3.05, 3.63) is 35.5 Å². The summed E-state index contributed by atoms with van der Waals surface area (Å²) in [5.41, 5.74) is -0.972. The fraction of sp³-hybridized carbons (Fsp3) is 0.250. The number of likely N-dealkylation sites (N-methyl/N-ethyl adjacent to an activating group) is 1. The van der Waals surface area contributed by atoms with Gasteiger partial charge in [0.05, 0.1) is 17.8 Å². The summed E-state index contributed by atoms with van der Waals surface area (Å²) >= 11 is 0. The van der Waals surface area contributed by atoms with Gasteiger partial charge in [0.25, 0.3) is 0 Å². The lowest BCUT2D eigenvalue weighted by atomic mass is 10.1. The Balaban J connectivity index is 2.68. The highest BCUT2D eigenvalue weighted by Crippen LogP contribution is 2.37. The molecule has 0 aliphatic heterocycles. The van der Waals surface area contributed by atoms with E-state index < -0.39 is 23.2 Å². The van der Waals surface area contributed by atoms with Gasteiger partial charge in [-0.2, -0.15) is 13.2 Å². The maximum atomic E-state index is 13.0. The van der Waals surface area contributed by atoms with E-state index in [4.69, 9.17) is 0 Å². The molecular weight excluding hydrogens is 245 g/mol. The van der Waals surface area contributed by atoms with Crippen molar-refractivity contribution in [2.45, 2.75) is 6.18 Å². The minimum Gasteiger partial charge on any atom is -0.352 e. The summed E-state index contributed by atoms with van der Waals surface area (Å²) in [4.78, 5) is 14.2. The smallest absolute Gasteiger partial charge is 0.352 e. The molecule has 3 nitrogen and oxygen atoms in total. The van der Waals surface area contributed by atoms with Crippen molar-refractivity contribution in [2.75, 3.05) is 13.6 Å². The number of Topliss-reactive ketones (excluding diaryl/α,β-unsaturated/α-hetero) is 1. The molecule has 1 aromatic heterocycles. The van der Waals surface area contributed by atoms with Gasteiger partial charge in [-0.1, -0.05) is 18.2 Å². The Kier molecular flexibility index (Phi) is 3.13. The summed E-state index contributed by atoms with van der Waals surface area (Å²) < 4.78 is 39.1. The molecule has 2 N–H and O–H groups in total. The monoisotopic (exact) mass is 256 g/mol. The zero-order valence-corrected chi connectivity index (χ0v) is 9.56. The highest BCUT2D eigenvalue weighted by atomic mass is 19.4. The van der Waals surface area contributed by atoms with Gasteiger partial charge in [0, 0.05) is 10.9 Å². The average Bonchev–Trinajstić information content (AvgIpc) is 2.68. The fourth-order valence-electron chi connectivity index (χ4n) is 1.89. The van der Waals surface area contributed by atoms with Crippen molar-refractivity contribution in [3.8, 4) is 0 Å². The zero-order valence-electron chi connectivity index (χ0n) is 9.56. The van der Waals surface area contributed by atoms with Crippen molar-refractivity contribution in [1.29, 1.82) is 0 Å². The molecule has 0 spiro atoms. The Morgan fingerprint density at radius 2 is 2.00 bits per heavy atom. The van der Waals surface area contributed by atoms with Gasteiger partial charge in [-0.3, -0.25) is 4.79 Å². The number of fused-ring (bicyclic) bond motifs is 1. The summed E-state index contributed by atoms with van der Waals surface area (Å²) in [7, 11) is 1.51. The number of para-hydroxylation sites is 1. The molecule has 1 heterocycles. The molecule has 2 aromatic rings. The van der Waals surface area contributed by atoms with Crippen LogP contribution in [-0.4, -0.2) is 24.4 Å². The van der Waals surface area contributed by atoms with E-state index in [0.717, 1.165) is 0 Å². The SMILES string of the molecule is CNCC(=O)c1[nH]c2ccccc2c1C(F)(F)F. The number of rotatable bonds is 3. The van der Waals surface area contributed by atoms with Crippen LogP contribution in [0.1, 0.15) is 16.1 Å². The fourth-order valence-corrected chi connectivity index (χ4v) is 1.89. The molecule has 0 bridgehead atoms. The third kappa shape index (κ3) is 2.11. The predicted molar refractivity (Wildman–Crippen MR) is 61.6 cm³/mol. The number of hydrogen-bond acceptors (Lipinski definition) is 2. The van der Waals surface area contributed by atoms with Gasteiger partial charge in [-0.25, -0.2) is 0 Å². The molecule has 0 atom stereocenters. The summed E-state index contributed by atoms with van der Waals surface area (Å²) in [6, 6.07) is 5.99. The average molecular weight is 256 g/mol. The van der Waals surface area contributed by atoms with E-state index in [1.165, 1.54) is 25.2 Å². The number of aromatic nitrogens is 1. The largest absolute Gasteiger partial charge is 0.419 e. The molecule has 0 unspecified atom stereocenters. The molecule has 0 aliphatic rings. The first kappa shape index (κ1) is 12.6. The molecule has 0 radical (unpaired) electrons. The van der Waals surface area contributed by atoms with Crippen LogP contribution in [0.3, 0.4) is 0 Å². The van der Waals surface area contributed by atoms with Crippen molar-refractivity contribution in [3.63, 3.8) is 0 Å². The number of H-pyrrole nitrogens is 1. The van der Waals surface area contributed by atoms with Crippen LogP contribution in [0.25, 0.3) is 10.9 Å². The van der Waals surface area contributed by atoms with Crippen LogP contribution in [0.5, 0.6) is 0 Å². The van der Waals surface area contributed by atoms with E-state index in [1.54, 1.807) is 6.07 Å². The molecule has 18 heavy (non-hydrogen) atoms. The lowest BCUT2D eigenvalue weighted by Crippen LogP contribution is -2.21. The van der Waals surface area contributed by atoms with Gasteiger partial charge < -0.3 is 10.3 Å². The summed E-state index contributed by atoms with van der Waals surface area (Å²) in [6.45, 7) is -0.143. The van der Waals surface area contributed by atoms with E-state index in [9.17, 15) is 18.0 Å². The number of carbonyl (C=O) groups is 1. The molecule has 1 aromatic carbocycles. The maximum absolute atomic E-state index is 13.0. The predicted octanol–water partition coefficient (Wildman–Crippen LogP) is 2.59. The molecule has 0 saturated carbocycles. The van der Waals surface area contributed by atoms with Crippen molar-refractivity contribution in [1.82, 2.24) is 10.3 Å². The summed E-state index contributed by atoms with van der Waals surface area (Å²) in [5, 5.41) is 2.57. The molecule has 0 aliphatic carbocycles. The van der Waals surface area contributed by atoms with E-state index in [-0.39, 0.29) is 11.9 Å². The Bertz CT molecular complexity index is 587. The molecular formula is C12H11F3N2O. The zero-order chi connectivity index (χ0) is 13.3. The Hall–Kier alpha value is -1.82. The van der Waals surface area contributed by atoms with Gasteiger partial charge in [-0.15, -0.1) is 0 Å². The van der Waals surface area contributed by atoms with Crippen LogP contribution in [0.2, 0.25) is 0 Å². The lowest BCUT2D eigenvalue weighted by Gasteiger charge is -2.07. The van der Waals surface area contributed by atoms with Gasteiger partial charge in [0.1, 0.15) is 0 Å². The number of hydrogen-bond donors (Lipinski definition) is 2. The van der Waals surface area contributed by atoms with Gasteiger partial charge in [0.2, 0.25) is 0 Å². The first-order valence-corrected chi connectivity index (χ1v) is 5.31. The maximum Gasteiger partial charge on any atom is 0.419 e. The van der Waals surface area contributed by atoms with Crippen LogP contribution in [0.4, 0.5) is 13.2 Å². The number of benzene rings is 1. The minimum absolute atomic E-state index is 0.0180. The third-order valence-corrected chi connectivity index (χ3v) is 2.61. The van der Waals surface area contributed by atoms with Crippen LogP contribution in [0.15, 0.2) is 24.3 Å². The lowest BCUT2D eigenvalue weighted by molar-refractivity contribution is -0.136. The highest BCUT2D eigenvalue weighted by molar-refractivity contribution is 6.03. The number of halogens is 3. The number of nitrogens with one attached hydrogen (secondary N) is 2. The number of alkyl halides is 3. The van der Waals surface area contributed by atoms with Crippen LogP contribution < -0.4 is 5.32 Å². The third-order valence-electron chi connectivity index (χ3n) is 2.61. The second-order valence-corrected chi connectivity index (χ2v) is 3.87. The summed E-state index contributed by atoms with van der Waals surface area (Å²) in [6.07, 6.45) is -4.56. The number of aromatic amines is 1. The quantitative estimate of drug-likeness (QED) is 0.829. The number of ketones is 1. The Morgan fingerprint density at radius 3 is 2.61 bits per heavy atom. The molecule has 0 amide bonds. The van der Waals surface area contributed by atoms with Crippen molar-refractivity contribution < 1.29 is 18.0 Å². The Labute approximate surface area is 101 Å². The molecule has 0 fully saturated rings. The van der Waals surface area contributed by atoms with E-state index in [2.05, 4.69) is 10.3 Å². The van der Waals surface area contributed by atoms with Gasteiger partial charge in [0.15, 0.2) is 5.78 Å². The minimum atomic E-state index is -4.56. The van der Waals surface area contributed by atoms with Crippen molar-refractivity contribution in [2.24, 2.45) is 0 Å². The first-order chi connectivity index (χ1) is 8.45. The normalized spacial score (nSPS) is 12.0. The van der Waals surface area contributed by atoms with Gasteiger partial charge >= 0.3 is 6.18 Å². The molecule has 0 saturated heterocycles. The molecule has 6 heteroatoms. The van der Waals surface area contributed by atoms with Crippen LogP contribution in [-0.2, 0) is 6.18 Å². The first-order valence-electron chi connectivity index (χ1n) is 5.31. The highest BCUT2D eigenvalue weighted by Gasteiger charge is 2.38. The Morgan fingerprint density at radius 1 is 1.33 bits per heavy atom. The molecule has 96 valence electrons.